The van der Waals surface area contributed by atoms with Crippen LogP contribution in [-0.2, 0) is 0 Å². The van der Waals surface area contributed by atoms with E-state index in [1.54, 1.807) is 18.2 Å². The van der Waals surface area contributed by atoms with Gasteiger partial charge in [-0.15, -0.1) is 0 Å². The average molecular weight is 306 g/mol. The van der Waals surface area contributed by atoms with Crippen LogP contribution in [0.1, 0.15) is 19.3 Å². The summed E-state index contributed by atoms with van der Waals surface area (Å²) in [7, 11) is 0. The van der Waals surface area contributed by atoms with Crippen molar-refractivity contribution in [2.45, 2.75) is 25.4 Å². The number of fused-ring (bicyclic) bond motifs is 1. The molecule has 2 fully saturated rings. The van der Waals surface area contributed by atoms with Crippen molar-refractivity contribution in [2.75, 3.05) is 26.2 Å². The Morgan fingerprint density at radius 1 is 1.32 bits per heavy atom. The van der Waals surface area contributed by atoms with Crippen molar-refractivity contribution in [3.63, 3.8) is 0 Å². The lowest BCUT2D eigenvalue weighted by Gasteiger charge is -2.20. The number of hydrogen-bond donors (Lipinski definition) is 1. The highest BCUT2D eigenvalue weighted by atomic mass is 16.6. The second kappa shape index (κ2) is 6.62. The first kappa shape index (κ1) is 15.2. The van der Waals surface area contributed by atoms with E-state index in [1.807, 2.05) is 0 Å². The Bertz CT molecular complexity index is 525. The van der Waals surface area contributed by atoms with E-state index in [0.717, 1.165) is 24.9 Å². The maximum Gasteiger partial charge on any atom is 0.310 e. The summed E-state index contributed by atoms with van der Waals surface area (Å²) in [5.41, 5.74) is -0.0644. The molecule has 1 aromatic carbocycles. The molecule has 3 rings (SSSR count). The number of nitro groups is 1. The van der Waals surface area contributed by atoms with Crippen LogP contribution in [0.5, 0.6) is 5.75 Å². The van der Waals surface area contributed by atoms with Gasteiger partial charge in [-0.3, -0.25) is 10.1 Å². The molecule has 1 saturated heterocycles. The third-order valence-electron chi connectivity index (χ3n) is 4.76. The van der Waals surface area contributed by atoms with E-state index < -0.39 is 11.0 Å². The molecule has 1 heterocycles. The summed E-state index contributed by atoms with van der Waals surface area (Å²) in [6.45, 7) is 2.78. The van der Waals surface area contributed by atoms with Crippen molar-refractivity contribution < 1.29 is 14.8 Å². The Hall–Kier alpha value is -1.66. The summed E-state index contributed by atoms with van der Waals surface area (Å²) >= 11 is 0. The van der Waals surface area contributed by atoms with Gasteiger partial charge in [0, 0.05) is 25.7 Å². The third-order valence-corrected chi connectivity index (χ3v) is 4.76. The molecule has 1 aromatic rings. The summed E-state index contributed by atoms with van der Waals surface area (Å²) in [4.78, 5) is 12.7. The quantitative estimate of drug-likeness (QED) is 0.643. The molecule has 3 atom stereocenters. The van der Waals surface area contributed by atoms with E-state index >= 15 is 0 Å². The predicted octanol–water partition coefficient (Wildman–Crippen LogP) is 2.07. The predicted molar refractivity (Wildman–Crippen MR) is 81.9 cm³/mol. The van der Waals surface area contributed by atoms with Gasteiger partial charge in [0.1, 0.15) is 12.7 Å². The Morgan fingerprint density at radius 2 is 2.00 bits per heavy atom. The van der Waals surface area contributed by atoms with Crippen LogP contribution < -0.4 is 4.74 Å². The SMILES string of the molecule is O=[N+]([O-])c1ccccc1OC[C@@H](O)CN1C[C@H]2CCC[C@H]2C1. The van der Waals surface area contributed by atoms with Gasteiger partial charge in [-0.1, -0.05) is 18.6 Å². The van der Waals surface area contributed by atoms with Gasteiger partial charge in [0.05, 0.1) is 4.92 Å². The fraction of sp³-hybridized carbons (Fsp3) is 0.625. The van der Waals surface area contributed by atoms with E-state index in [2.05, 4.69) is 4.90 Å². The highest BCUT2D eigenvalue weighted by Gasteiger charge is 2.36. The van der Waals surface area contributed by atoms with Crippen molar-refractivity contribution in [3.8, 4) is 5.75 Å². The molecule has 0 bridgehead atoms. The summed E-state index contributed by atoms with van der Waals surface area (Å²) in [6.07, 6.45) is 3.33. The first-order valence-electron chi connectivity index (χ1n) is 7.90. The van der Waals surface area contributed by atoms with Crippen molar-refractivity contribution in [1.29, 1.82) is 0 Å². The summed E-state index contributed by atoms with van der Waals surface area (Å²) < 4.78 is 5.45. The number of benzene rings is 1. The molecule has 0 aromatic heterocycles. The van der Waals surface area contributed by atoms with Crippen molar-refractivity contribution >= 4 is 5.69 Å². The maximum absolute atomic E-state index is 10.9. The molecular weight excluding hydrogens is 284 g/mol. The number of likely N-dealkylation sites (tertiary alicyclic amines) is 1. The van der Waals surface area contributed by atoms with Crippen LogP contribution in [0.2, 0.25) is 0 Å². The number of nitro benzene ring substituents is 1. The zero-order valence-corrected chi connectivity index (χ0v) is 12.6. The minimum Gasteiger partial charge on any atom is -0.484 e. The fourth-order valence-electron chi connectivity index (χ4n) is 3.75. The summed E-state index contributed by atoms with van der Waals surface area (Å²) in [6, 6.07) is 6.26. The number of ether oxygens (including phenoxy) is 1. The molecule has 0 unspecified atom stereocenters. The van der Waals surface area contributed by atoms with Gasteiger partial charge in [-0.05, 0) is 30.7 Å². The molecule has 1 N–H and O–H groups in total. The molecule has 0 amide bonds. The number of hydrogen-bond acceptors (Lipinski definition) is 5. The van der Waals surface area contributed by atoms with Crippen LogP contribution in [0.4, 0.5) is 5.69 Å². The topological polar surface area (TPSA) is 75.8 Å². The summed E-state index contributed by atoms with van der Waals surface area (Å²) in [5, 5.41) is 21.0. The zero-order valence-electron chi connectivity index (χ0n) is 12.6. The van der Waals surface area contributed by atoms with Gasteiger partial charge in [0.15, 0.2) is 5.75 Å². The van der Waals surface area contributed by atoms with Crippen molar-refractivity contribution in [3.05, 3.63) is 34.4 Å². The molecule has 0 spiro atoms. The normalized spacial score (nSPS) is 25.9. The molecular formula is C16H22N2O4. The highest BCUT2D eigenvalue weighted by molar-refractivity contribution is 5.45. The van der Waals surface area contributed by atoms with Crippen molar-refractivity contribution in [1.82, 2.24) is 4.90 Å². The van der Waals surface area contributed by atoms with Gasteiger partial charge in [-0.2, -0.15) is 0 Å². The Kier molecular flexibility index (Phi) is 4.59. The molecule has 6 heteroatoms. The van der Waals surface area contributed by atoms with Gasteiger partial charge in [0.25, 0.3) is 0 Å². The fourth-order valence-corrected chi connectivity index (χ4v) is 3.75. The van der Waals surface area contributed by atoms with Gasteiger partial charge in [-0.25, -0.2) is 0 Å². The lowest BCUT2D eigenvalue weighted by Crippen LogP contribution is -2.34. The smallest absolute Gasteiger partial charge is 0.310 e. The molecule has 6 nitrogen and oxygen atoms in total. The van der Waals surface area contributed by atoms with Gasteiger partial charge in [0.2, 0.25) is 0 Å². The Morgan fingerprint density at radius 3 is 2.68 bits per heavy atom. The number of nitrogens with zero attached hydrogens (tertiary/aromatic N) is 2. The number of aliphatic hydroxyl groups excluding tert-OH is 1. The van der Waals surface area contributed by atoms with Crippen molar-refractivity contribution in [2.24, 2.45) is 11.8 Å². The first-order valence-corrected chi connectivity index (χ1v) is 7.90. The standard InChI is InChI=1S/C16H22N2O4/c19-14(10-17-8-12-4-3-5-13(12)9-17)11-22-16-7-2-1-6-15(16)18(20)21/h1-2,6-7,12-14,19H,3-5,8-11H2/t12-,13+,14-/m0/s1. The van der Waals surface area contributed by atoms with Gasteiger partial charge < -0.3 is 14.7 Å². The number of aliphatic hydroxyl groups is 1. The second-order valence-corrected chi connectivity index (χ2v) is 6.36. The first-order chi connectivity index (χ1) is 10.6. The molecule has 1 aliphatic carbocycles. The third kappa shape index (κ3) is 3.39. The minimum absolute atomic E-state index is 0.0644. The lowest BCUT2D eigenvalue weighted by atomic mass is 10.0. The highest BCUT2D eigenvalue weighted by Crippen LogP contribution is 2.37. The van der Waals surface area contributed by atoms with Gasteiger partial charge >= 0.3 is 5.69 Å². The molecule has 2 aliphatic rings. The monoisotopic (exact) mass is 306 g/mol. The Labute approximate surface area is 129 Å². The maximum atomic E-state index is 10.9. The number of β-amino-alcohol motifs (C(OH)–C–C–N with tert-alkyl or cyclic N) is 1. The zero-order chi connectivity index (χ0) is 15.5. The van der Waals surface area contributed by atoms with Crippen LogP contribution in [0.3, 0.4) is 0 Å². The summed E-state index contributed by atoms with van der Waals surface area (Å²) in [5.74, 6) is 1.80. The van der Waals surface area contributed by atoms with E-state index in [-0.39, 0.29) is 18.0 Å². The van der Waals surface area contributed by atoms with Crippen LogP contribution in [0, 0.1) is 22.0 Å². The largest absolute Gasteiger partial charge is 0.484 e. The second-order valence-electron chi connectivity index (χ2n) is 6.36. The van der Waals surface area contributed by atoms with E-state index in [1.165, 1.54) is 25.3 Å². The van der Waals surface area contributed by atoms with Crippen LogP contribution in [0.15, 0.2) is 24.3 Å². The molecule has 1 aliphatic heterocycles. The molecule has 0 radical (unpaired) electrons. The minimum atomic E-state index is -0.626. The Balaban J connectivity index is 1.49. The molecule has 22 heavy (non-hydrogen) atoms. The number of para-hydroxylation sites is 2. The average Bonchev–Trinajstić information content (AvgIpc) is 3.06. The van der Waals surface area contributed by atoms with Crippen LogP contribution >= 0.6 is 0 Å². The van der Waals surface area contributed by atoms with Crippen LogP contribution in [-0.4, -0.2) is 47.3 Å². The van der Waals surface area contributed by atoms with Crippen LogP contribution in [0.25, 0.3) is 0 Å². The molecule has 120 valence electrons. The lowest BCUT2D eigenvalue weighted by molar-refractivity contribution is -0.385. The van der Waals surface area contributed by atoms with E-state index in [0.29, 0.717) is 6.54 Å². The molecule has 1 saturated carbocycles. The van der Waals surface area contributed by atoms with E-state index in [9.17, 15) is 15.2 Å². The van der Waals surface area contributed by atoms with E-state index in [4.69, 9.17) is 4.74 Å². The number of rotatable bonds is 6.